The number of ether oxygens (including phenoxy) is 3. The van der Waals surface area contributed by atoms with Crippen LogP contribution in [0.5, 0.6) is 11.5 Å². The van der Waals surface area contributed by atoms with Crippen LogP contribution in [0.3, 0.4) is 0 Å². The van der Waals surface area contributed by atoms with E-state index in [0.29, 0.717) is 51.5 Å². The highest BCUT2D eigenvalue weighted by molar-refractivity contribution is 6.35. The van der Waals surface area contributed by atoms with Gasteiger partial charge in [0.05, 0.1) is 33.3 Å². The Labute approximate surface area is 306 Å². The molecule has 4 aromatic rings. The van der Waals surface area contributed by atoms with Crippen LogP contribution in [0.4, 0.5) is 10.5 Å². The highest BCUT2D eigenvalue weighted by atomic mass is 35.5. The van der Waals surface area contributed by atoms with Gasteiger partial charge in [-0.25, -0.2) is 4.79 Å². The first-order valence-electron chi connectivity index (χ1n) is 16.6. The zero-order valence-corrected chi connectivity index (χ0v) is 29.8. The molecule has 0 radical (unpaired) electrons. The fourth-order valence-electron chi connectivity index (χ4n) is 7.10. The van der Waals surface area contributed by atoms with Crippen molar-refractivity contribution in [3.8, 4) is 11.5 Å². The van der Waals surface area contributed by atoms with Crippen LogP contribution >= 0.6 is 23.2 Å². The molecular formula is C38H39Cl2N3O8. The summed E-state index contributed by atoms with van der Waals surface area (Å²) >= 11 is 13.2. The molecule has 11 nitrogen and oxygen atoms in total. The normalized spacial score (nSPS) is 18.6. The third kappa shape index (κ3) is 8.02. The summed E-state index contributed by atoms with van der Waals surface area (Å²) in [5.41, 5.74) is 3.20. The highest BCUT2D eigenvalue weighted by Gasteiger charge is 2.37. The van der Waals surface area contributed by atoms with E-state index in [-0.39, 0.29) is 47.2 Å². The van der Waals surface area contributed by atoms with Gasteiger partial charge in [-0.2, -0.15) is 0 Å². The van der Waals surface area contributed by atoms with Gasteiger partial charge in [0, 0.05) is 34.0 Å². The number of carbonyl (C=O) groups excluding carboxylic acids is 2. The van der Waals surface area contributed by atoms with E-state index >= 15 is 0 Å². The molecule has 1 amide bonds. The summed E-state index contributed by atoms with van der Waals surface area (Å²) < 4.78 is 17.9. The number of aliphatic hydroxyl groups excluding tert-OH is 1. The largest absolute Gasteiger partial charge is 0.545 e. The van der Waals surface area contributed by atoms with E-state index in [2.05, 4.69) is 4.90 Å². The Morgan fingerprint density at radius 3 is 2.33 bits per heavy atom. The Bertz CT molecular complexity index is 1890. The maximum absolute atomic E-state index is 14.0. The summed E-state index contributed by atoms with van der Waals surface area (Å²) in [6, 6.07) is 17.1. The highest BCUT2D eigenvalue weighted by Crippen LogP contribution is 2.39. The molecule has 13 heteroatoms. The number of piperidine rings is 3. The second kappa shape index (κ2) is 15.8. The molecule has 268 valence electrons. The molecule has 3 aliphatic rings. The Morgan fingerprint density at radius 1 is 0.980 bits per heavy atom. The van der Waals surface area contributed by atoms with Crippen molar-refractivity contribution in [1.29, 1.82) is 0 Å². The van der Waals surface area contributed by atoms with Crippen molar-refractivity contribution in [2.24, 2.45) is 5.92 Å². The number of pyridine rings is 1. The first-order valence-corrected chi connectivity index (χ1v) is 17.4. The van der Waals surface area contributed by atoms with Crippen LogP contribution < -0.4 is 24.2 Å². The average Bonchev–Trinajstić information content (AvgIpc) is 3.13. The molecule has 0 unspecified atom stereocenters. The lowest BCUT2D eigenvalue weighted by molar-refractivity contribution is -0.904. The zero-order valence-electron chi connectivity index (χ0n) is 28.3. The number of rotatable bonds is 12. The summed E-state index contributed by atoms with van der Waals surface area (Å²) in [5, 5.41) is 32.9. The molecule has 1 aromatic heterocycles. The third-order valence-corrected chi connectivity index (χ3v) is 10.5. The predicted molar refractivity (Wildman–Crippen MR) is 188 cm³/mol. The standard InChI is InChI=1S/C38H39Cl2N3O8/c1-49-34-9-7-26(16-35(34)50-2)29(17-31-32(39)19-42(48)20-33(31)40)30-15-23(6-8-28(30)37(45)46)18-43(27-5-3-4-24(14-27)22-44)38(47)51-36-21-41-12-10-25(36)11-13-41/h3-9,14-16,19-20,25,29,36,44H,10-13,17-18,21-22H2,1-2H3,(H-,45,46,48)/t29-,36-/m0/s1. The van der Waals surface area contributed by atoms with Crippen molar-refractivity contribution in [2.45, 2.75) is 44.4 Å². The number of carbonyl (C=O) groups is 2. The van der Waals surface area contributed by atoms with E-state index in [4.69, 9.17) is 37.4 Å². The lowest BCUT2D eigenvalue weighted by atomic mass is 9.82. The minimum atomic E-state index is -1.39. The van der Waals surface area contributed by atoms with Crippen LogP contribution in [0.15, 0.2) is 73.1 Å². The minimum Gasteiger partial charge on any atom is -0.545 e. The zero-order chi connectivity index (χ0) is 36.2. The van der Waals surface area contributed by atoms with Crippen molar-refractivity contribution < 1.29 is 44.0 Å². The van der Waals surface area contributed by atoms with E-state index < -0.39 is 18.0 Å². The van der Waals surface area contributed by atoms with Gasteiger partial charge in [0.1, 0.15) is 16.1 Å². The molecule has 3 aromatic carbocycles. The van der Waals surface area contributed by atoms with E-state index in [1.165, 1.54) is 37.6 Å². The number of halogens is 2. The fourth-order valence-corrected chi connectivity index (χ4v) is 7.71. The lowest BCUT2D eigenvalue weighted by Crippen LogP contribution is -2.53. The maximum atomic E-state index is 14.0. The van der Waals surface area contributed by atoms with Gasteiger partial charge in [-0.3, -0.25) is 15.0 Å². The van der Waals surface area contributed by atoms with Gasteiger partial charge in [-0.05, 0) is 84.8 Å². The molecule has 51 heavy (non-hydrogen) atoms. The number of nitrogens with zero attached hydrogens (tertiary/aromatic N) is 3. The lowest BCUT2D eigenvalue weighted by Gasteiger charge is -2.44. The molecule has 0 aliphatic carbocycles. The smallest absolute Gasteiger partial charge is 0.414 e. The molecule has 3 aliphatic heterocycles. The van der Waals surface area contributed by atoms with Gasteiger partial charge in [0.2, 0.25) is 12.4 Å². The predicted octanol–water partition coefficient (Wildman–Crippen LogP) is 5.00. The van der Waals surface area contributed by atoms with Crippen molar-refractivity contribution in [1.82, 2.24) is 4.90 Å². The van der Waals surface area contributed by atoms with Gasteiger partial charge < -0.3 is 29.2 Å². The number of carboxylic acids is 1. The second-order valence-corrected chi connectivity index (χ2v) is 13.7. The monoisotopic (exact) mass is 735 g/mol. The number of aromatic nitrogens is 1. The van der Waals surface area contributed by atoms with Crippen LogP contribution in [0.2, 0.25) is 10.0 Å². The number of benzene rings is 3. The van der Waals surface area contributed by atoms with Crippen molar-refractivity contribution in [3.63, 3.8) is 0 Å². The van der Waals surface area contributed by atoms with E-state index in [1.807, 2.05) is 0 Å². The number of aliphatic hydroxyl groups is 1. The summed E-state index contributed by atoms with van der Waals surface area (Å²) in [6.45, 7) is 2.49. The molecule has 2 atom stereocenters. The number of hydrogen-bond acceptors (Lipinski definition) is 9. The summed E-state index contributed by atoms with van der Waals surface area (Å²) in [6.07, 6.45) is 3.88. The van der Waals surface area contributed by atoms with E-state index in [9.17, 15) is 25.0 Å². The van der Waals surface area contributed by atoms with Gasteiger partial charge >= 0.3 is 6.09 Å². The van der Waals surface area contributed by atoms with E-state index in [1.54, 1.807) is 54.6 Å². The van der Waals surface area contributed by atoms with Crippen LogP contribution in [-0.4, -0.2) is 67.2 Å². The Balaban J connectivity index is 1.43. The number of carboxylic acid groups (broad SMARTS) is 1. The van der Waals surface area contributed by atoms with Crippen LogP contribution in [0.25, 0.3) is 0 Å². The number of anilines is 1. The van der Waals surface area contributed by atoms with E-state index in [0.717, 1.165) is 30.7 Å². The molecular weight excluding hydrogens is 697 g/mol. The molecule has 3 fully saturated rings. The number of hydrogen-bond donors (Lipinski definition) is 2. The Morgan fingerprint density at radius 2 is 1.71 bits per heavy atom. The molecule has 4 heterocycles. The number of fused-ring (bicyclic) bond motifs is 3. The number of methoxy groups -OCH3 is 2. The summed E-state index contributed by atoms with van der Waals surface area (Å²) in [5.74, 6) is -0.872. The van der Waals surface area contributed by atoms with Gasteiger partial charge in [-0.15, -0.1) is 0 Å². The van der Waals surface area contributed by atoms with Crippen molar-refractivity contribution in [3.05, 3.63) is 116 Å². The second-order valence-electron chi connectivity index (χ2n) is 12.9. The SMILES string of the molecule is COc1ccc([C@H](Cc2c(Cl)c[n+](O)cc2Cl)c2cc(CN(C(=O)O[C@H]3CN4CCC3CC4)c3cccc(CO)c3)ccc2C(=O)[O-])cc1OC. The first-order chi connectivity index (χ1) is 24.6. The molecule has 3 saturated heterocycles. The third-order valence-electron chi connectivity index (χ3n) is 9.81. The molecule has 0 saturated carbocycles. The molecule has 0 spiro atoms. The molecule has 2 bridgehead atoms. The quantitative estimate of drug-likeness (QED) is 0.152. The first kappa shape index (κ1) is 36.2. The molecule has 7 rings (SSSR count). The van der Waals surface area contributed by atoms with Crippen LogP contribution in [0.1, 0.15) is 56.9 Å². The van der Waals surface area contributed by atoms with Gasteiger partial charge in [0.15, 0.2) is 11.5 Å². The van der Waals surface area contributed by atoms with Gasteiger partial charge in [-0.1, -0.05) is 59.6 Å². The summed E-state index contributed by atoms with van der Waals surface area (Å²) in [4.78, 5) is 30.5. The Kier molecular flexibility index (Phi) is 11.2. The number of aromatic carboxylic acids is 1. The summed E-state index contributed by atoms with van der Waals surface area (Å²) in [7, 11) is 3.02. The van der Waals surface area contributed by atoms with Gasteiger partial charge in [0.25, 0.3) is 0 Å². The topological polar surface area (TPSA) is 136 Å². The Hall–Kier alpha value is -4.55. The molecule has 2 N–H and O–H groups in total. The average molecular weight is 737 g/mol. The fraction of sp³-hybridized carbons (Fsp3) is 0.342. The van der Waals surface area contributed by atoms with Crippen molar-refractivity contribution in [2.75, 3.05) is 38.8 Å². The number of amides is 1. The van der Waals surface area contributed by atoms with Crippen LogP contribution in [-0.2, 0) is 24.3 Å². The maximum Gasteiger partial charge on any atom is 0.414 e. The van der Waals surface area contributed by atoms with Crippen LogP contribution in [0, 0.1) is 5.92 Å². The van der Waals surface area contributed by atoms with Crippen molar-refractivity contribution >= 4 is 41.0 Å². The minimum absolute atomic E-state index is 0.0329.